The molecule has 0 saturated carbocycles. The second-order valence-electron chi connectivity index (χ2n) is 4.61. The van der Waals surface area contributed by atoms with Crippen LogP contribution in [0.3, 0.4) is 0 Å². The van der Waals surface area contributed by atoms with Crippen molar-refractivity contribution in [2.24, 2.45) is 0 Å². The highest BCUT2D eigenvalue weighted by atomic mass is 32.1. The van der Waals surface area contributed by atoms with Gasteiger partial charge in [-0.2, -0.15) is 5.26 Å². The zero-order chi connectivity index (χ0) is 15.4. The second kappa shape index (κ2) is 6.41. The van der Waals surface area contributed by atoms with Crippen LogP contribution in [-0.4, -0.2) is 18.1 Å². The number of halogens is 1. The average Bonchev–Trinajstić information content (AvgIpc) is 2.94. The van der Waals surface area contributed by atoms with Gasteiger partial charge in [-0.3, -0.25) is 0 Å². The van der Waals surface area contributed by atoms with Gasteiger partial charge in [-0.05, 0) is 24.3 Å². The largest absolute Gasteiger partial charge is 0.382 e. The first-order valence-electron chi connectivity index (χ1n) is 6.80. The van der Waals surface area contributed by atoms with Gasteiger partial charge in [0.05, 0.1) is 15.9 Å². The summed E-state index contributed by atoms with van der Waals surface area (Å²) >= 11 is 1.59. The number of nitrogens with zero attached hydrogens (tertiary/aromatic N) is 2. The molecule has 3 aromatic rings. The Morgan fingerprint density at radius 3 is 2.73 bits per heavy atom. The third kappa shape index (κ3) is 3.00. The lowest BCUT2D eigenvalue weighted by Gasteiger charge is -2.08. The topological polar surface area (TPSA) is 60.7 Å². The van der Waals surface area contributed by atoms with Crippen LogP contribution in [0.2, 0.25) is 0 Å². The van der Waals surface area contributed by atoms with E-state index in [2.05, 4.69) is 15.6 Å². The third-order valence-corrected chi connectivity index (χ3v) is 4.13. The van der Waals surface area contributed by atoms with Crippen molar-refractivity contribution in [1.29, 1.82) is 5.26 Å². The Labute approximate surface area is 131 Å². The lowest BCUT2D eigenvalue weighted by Crippen LogP contribution is -2.14. The molecule has 0 amide bonds. The molecule has 0 unspecified atom stereocenters. The molecule has 0 aliphatic carbocycles. The van der Waals surface area contributed by atoms with E-state index in [0.29, 0.717) is 18.8 Å². The van der Waals surface area contributed by atoms with E-state index in [4.69, 9.17) is 5.26 Å². The van der Waals surface area contributed by atoms with Crippen molar-refractivity contribution in [3.05, 3.63) is 53.8 Å². The van der Waals surface area contributed by atoms with Crippen LogP contribution in [0.15, 0.2) is 42.5 Å². The smallest absolute Gasteiger partial charge is 0.183 e. The molecule has 2 N–H and O–H groups in total. The Kier molecular flexibility index (Phi) is 4.17. The van der Waals surface area contributed by atoms with Crippen molar-refractivity contribution >= 4 is 32.4 Å². The van der Waals surface area contributed by atoms with Gasteiger partial charge in [0.2, 0.25) is 0 Å². The molecule has 110 valence electrons. The van der Waals surface area contributed by atoms with Crippen LogP contribution in [0, 0.1) is 17.1 Å². The Morgan fingerprint density at radius 1 is 1.09 bits per heavy atom. The minimum atomic E-state index is -0.508. The van der Waals surface area contributed by atoms with Crippen LogP contribution >= 0.6 is 11.3 Å². The normalized spacial score (nSPS) is 10.4. The molecular formula is C16H13FN4S. The number of benzene rings is 2. The van der Waals surface area contributed by atoms with E-state index in [0.717, 1.165) is 15.3 Å². The zero-order valence-electron chi connectivity index (χ0n) is 11.6. The number of para-hydroxylation sites is 1. The molecule has 3 rings (SSSR count). The van der Waals surface area contributed by atoms with Gasteiger partial charge in [0.15, 0.2) is 5.13 Å². The molecule has 0 bridgehead atoms. The lowest BCUT2D eigenvalue weighted by molar-refractivity contribution is 0.624. The van der Waals surface area contributed by atoms with E-state index in [1.807, 2.05) is 30.3 Å². The number of nitriles is 1. The monoisotopic (exact) mass is 312 g/mol. The van der Waals surface area contributed by atoms with E-state index in [1.54, 1.807) is 23.5 Å². The number of hydrogen-bond acceptors (Lipinski definition) is 5. The number of fused-ring (bicyclic) bond motifs is 1. The molecule has 0 atom stereocenters. The SMILES string of the molecule is N#Cc1c(F)cccc1NCCNc1nc2ccccc2s1. The van der Waals surface area contributed by atoms with Crippen LogP contribution in [0.25, 0.3) is 10.2 Å². The predicted octanol–water partition coefficient (Wildman–Crippen LogP) is 3.83. The number of rotatable bonds is 5. The summed E-state index contributed by atoms with van der Waals surface area (Å²) in [5.41, 5.74) is 1.52. The third-order valence-electron chi connectivity index (χ3n) is 3.14. The Bertz CT molecular complexity index is 805. The first-order chi connectivity index (χ1) is 10.8. The van der Waals surface area contributed by atoms with Crippen molar-refractivity contribution in [3.63, 3.8) is 0 Å². The summed E-state index contributed by atoms with van der Waals surface area (Å²) < 4.78 is 14.6. The van der Waals surface area contributed by atoms with Crippen LogP contribution in [-0.2, 0) is 0 Å². The van der Waals surface area contributed by atoms with Crippen molar-refractivity contribution in [2.75, 3.05) is 23.7 Å². The quantitative estimate of drug-likeness (QED) is 0.703. The molecule has 4 nitrogen and oxygen atoms in total. The average molecular weight is 312 g/mol. The number of thiazole rings is 1. The summed E-state index contributed by atoms with van der Waals surface area (Å²) in [5, 5.41) is 16.1. The van der Waals surface area contributed by atoms with E-state index in [1.165, 1.54) is 6.07 Å². The van der Waals surface area contributed by atoms with Gasteiger partial charge in [-0.25, -0.2) is 9.37 Å². The van der Waals surface area contributed by atoms with Crippen molar-refractivity contribution < 1.29 is 4.39 Å². The molecule has 1 heterocycles. The van der Waals surface area contributed by atoms with Crippen LogP contribution < -0.4 is 10.6 Å². The lowest BCUT2D eigenvalue weighted by atomic mass is 10.2. The standard InChI is InChI=1S/C16H13FN4S/c17-12-4-3-6-13(11(12)10-18)19-8-9-20-16-21-14-5-1-2-7-15(14)22-16/h1-7,19H,8-9H2,(H,20,21). The van der Waals surface area contributed by atoms with E-state index in [-0.39, 0.29) is 5.56 Å². The summed E-state index contributed by atoms with van der Waals surface area (Å²) in [5.74, 6) is -0.508. The fraction of sp³-hybridized carbons (Fsp3) is 0.125. The number of anilines is 2. The molecular weight excluding hydrogens is 299 g/mol. The van der Waals surface area contributed by atoms with Gasteiger partial charge < -0.3 is 10.6 Å². The number of hydrogen-bond donors (Lipinski definition) is 2. The molecule has 6 heteroatoms. The summed E-state index contributed by atoms with van der Waals surface area (Å²) in [4.78, 5) is 4.47. The molecule has 1 aromatic heterocycles. The van der Waals surface area contributed by atoms with Gasteiger partial charge >= 0.3 is 0 Å². The summed E-state index contributed by atoms with van der Waals surface area (Å²) in [6.07, 6.45) is 0. The van der Waals surface area contributed by atoms with E-state index >= 15 is 0 Å². The Hall–Kier alpha value is -2.65. The van der Waals surface area contributed by atoms with Crippen molar-refractivity contribution in [3.8, 4) is 6.07 Å². The van der Waals surface area contributed by atoms with Crippen molar-refractivity contribution in [1.82, 2.24) is 4.98 Å². The first kappa shape index (κ1) is 14.3. The summed E-state index contributed by atoms with van der Waals surface area (Å²) in [7, 11) is 0. The van der Waals surface area contributed by atoms with Gasteiger partial charge in [0, 0.05) is 13.1 Å². The molecule has 0 spiro atoms. The fourth-order valence-electron chi connectivity index (χ4n) is 2.10. The van der Waals surface area contributed by atoms with Gasteiger partial charge in [0.1, 0.15) is 17.4 Å². The first-order valence-corrected chi connectivity index (χ1v) is 7.61. The predicted molar refractivity (Wildman–Crippen MR) is 87.7 cm³/mol. The molecule has 0 aliphatic heterocycles. The minimum absolute atomic E-state index is 0.0440. The Morgan fingerprint density at radius 2 is 1.91 bits per heavy atom. The van der Waals surface area contributed by atoms with Gasteiger partial charge in [0.25, 0.3) is 0 Å². The fourth-order valence-corrected chi connectivity index (χ4v) is 2.99. The van der Waals surface area contributed by atoms with E-state index in [9.17, 15) is 4.39 Å². The van der Waals surface area contributed by atoms with Crippen LogP contribution in [0.4, 0.5) is 15.2 Å². The van der Waals surface area contributed by atoms with Crippen molar-refractivity contribution in [2.45, 2.75) is 0 Å². The molecule has 0 aliphatic rings. The molecule has 2 aromatic carbocycles. The Balaban J connectivity index is 1.58. The second-order valence-corrected chi connectivity index (χ2v) is 5.65. The van der Waals surface area contributed by atoms with Crippen LogP contribution in [0.5, 0.6) is 0 Å². The minimum Gasteiger partial charge on any atom is -0.382 e. The highest BCUT2D eigenvalue weighted by molar-refractivity contribution is 7.22. The maximum Gasteiger partial charge on any atom is 0.183 e. The maximum absolute atomic E-state index is 13.5. The number of aromatic nitrogens is 1. The zero-order valence-corrected chi connectivity index (χ0v) is 12.5. The highest BCUT2D eigenvalue weighted by Crippen LogP contribution is 2.25. The molecule has 0 radical (unpaired) electrons. The molecule has 0 fully saturated rings. The van der Waals surface area contributed by atoms with Gasteiger partial charge in [-0.1, -0.05) is 29.5 Å². The summed E-state index contributed by atoms with van der Waals surface area (Å²) in [6.45, 7) is 1.19. The number of nitrogens with one attached hydrogen (secondary N) is 2. The summed E-state index contributed by atoms with van der Waals surface area (Å²) in [6, 6.07) is 14.4. The molecule has 0 saturated heterocycles. The van der Waals surface area contributed by atoms with Gasteiger partial charge in [-0.15, -0.1) is 0 Å². The van der Waals surface area contributed by atoms with E-state index < -0.39 is 5.82 Å². The van der Waals surface area contributed by atoms with Crippen LogP contribution in [0.1, 0.15) is 5.56 Å². The molecule has 22 heavy (non-hydrogen) atoms. The highest BCUT2D eigenvalue weighted by Gasteiger charge is 2.07. The maximum atomic E-state index is 13.5.